The van der Waals surface area contributed by atoms with E-state index in [-0.39, 0.29) is 18.0 Å². The van der Waals surface area contributed by atoms with E-state index in [0.29, 0.717) is 6.61 Å². The lowest BCUT2D eigenvalue weighted by molar-refractivity contribution is 0.157. The van der Waals surface area contributed by atoms with Crippen LogP contribution in [-0.4, -0.2) is 37.7 Å². The fourth-order valence-corrected chi connectivity index (χ4v) is 3.67. The summed E-state index contributed by atoms with van der Waals surface area (Å²) >= 11 is 0. The smallest absolute Gasteiger partial charge is 0.132 e. The monoisotopic (exact) mass is 409 g/mol. The summed E-state index contributed by atoms with van der Waals surface area (Å²) in [5.74, 6) is 1.72. The Morgan fingerprint density at radius 1 is 0.931 bits per heavy atom. The van der Waals surface area contributed by atoms with Gasteiger partial charge < -0.3 is 14.4 Å². The molecule has 29 heavy (non-hydrogen) atoms. The summed E-state index contributed by atoms with van der Waals surface area (Å²) in [6.07, 6.45) is 2.23. The van der Waals surface area contributed by atoms with Gasteiger partial charge in [-0.1, -0.05) is 42.5 Å². The zero-order chi connectivity index (χ0) is 19.7. The van der Waals surface area contributed by atoms with E-state index in [1.807, 2.05) is 26.2 Å². The van der Waals surface area contributed by atoms with Crippen molar-refractivity contribution in [3.05, 3.63) is 77.9 Å². The van der Waals surface area contributed by atoms with E-state index < -0.39 is 0 Å². The minimum atomic E-state index is -0.387. The van der Waals surface area contributed by atoms with Crippen LogP contribution in [0.4, 0.5) is 0 Å². The van der Waals surface area contributed by atoms with Crippen molar-refractivity contribution in [2.24, 2.45) is 0 Å². The standard InChI is InChI=1S/C25H27NO2.ClH/c1-25(2)17-23(21-11-7-9-18-8-5-6-10-20(18)21)22-13-12-19(16-24(22)28-25)27-15-14-26(3)4;/h5-13,16-17H,14-15H2,1-4H3;1H. The fraction of sp³-hybridized carbons (Fsp3) is 0.280. The third-order valence-corrected chi connectivity index (χ3v) is 5.00. The minimum absolute atomic E-state index is 0. The minimum Gasteiger partial charge on any atom is -0.492 e. The number of halogens is 1. The van der Waals surface area contributed by atoms with Gasteiger partial charge in [-0.3, -0.25) is 0 Å². The van der Waals surface area contributed by atoms with E-state index in [9.17, 15) is 0 Å². The van der Waals surface area contributed by atoms with E-state index in [1.165, 1.54) is 21.9 Å². The summed E-state index contributed by atoms with van der Waals surface area (Å²) in [6.45, 7) is 5.73. The van der Waals surface area contributed by atoms with Gasteiger partial charge in [-0.15, -0.1) is 12.4 Å². The number of rotatable bonds is 5. The van der Waals surface area contributed by atoms with Crippen LogP contribution in [0.3, 0.4) is 0 Å². The molecular weight excluding hydrogens is 382 g/mol. The summed E-state index contributed by atoms with van der Waals surface area (Å²) in [4.78, 5) is 2.11. The Morgan fingerprint density at radius 2 is 1.69 bits per heavy atom. The van der Waals surface area contributed by atoms with Crippen LogP contribution in [0.5, 0.6) is 11.5 Å². The van der Waals surface area contributed by atoms with Gasteiger partial charge in [-0.05, 0) is 68.1 Å². The van der Waals surface area contributed by atoms with Crippen LogP contribution in [-0.2, 0) is 0 Å². The first-order chi connectivity index (χ1) is 13.4. The molecular formula is C25H28ClNO2. The average Bonchev–Trinajstić information content (AvgIpc) is 2.65. The topological polar surface area (TPSA) is 21.7 Å². The number of hydrogen-bond donors (Lipinski definition) is 0. The third kappa shape index (κ3) is 4.58. The van der Waals surface area contributed by atoms with Gasteiger partial charge in [-0.2, -0.15) is 0 Å². The van der Waals surface area contributed by atoms with Crippen molar-refractivity contribution < 1.29 is 9.47 Å². The maximum absolute atomic E-state index is 6.28. The molecule has 0 unspecified atom stereocenters. The molecule has 3 aromatic carbocycles. The first-order valence-corrected chi connectivity index (χ1v) is 9.75. The van der Waals surface area contributed by atoms with E-state index >= 15 is 0 Å². The van der Waals surface area contributed by atoms with Gasteiger partial charge in [0.2, 0.25) is 0 Å². The first-order valence-electron chi connectivity index (χ1n) is 9.75. The highest BCUT2D eigenvalue weighted by atomic mass is 35.5. The molecule has 0 aliphatic carbocycles. The summed E-state index contributed by atoms with van der Waals surface area (Å²) < 4.78 is 12.2. The Bertz CT molecular complexity index is 1030. The highest BCUT2D eigenvalue weighted by Gasteiger charge is 2.28. The van der Waals surface area contributed by atoms with Gasteiger partial charge >= 0.3 is 0 Å². The van der Waals surface area contributed by atoms with Gasteiger partial charge in [0.25, 0.3) is 0 Å². The molecule has 0 fully saturated rings. The Labute approximate surface area is 179 Å². The molecule has 1 heterocycles. The molecule has 0 N–H and O–H groups in total. The quantitative estimate of drug-likeness (QED) is 0.531. The van der Waals surface area contributed by atoms with Crippen molar-refractivity contribution in [3.8, 4) is 11.5 Å². The molecule has 0 aromatic heterocycles. The summed E-state index contributed by atoms with van der Waals surface area (Å²) in [6, 6.07) is 21.2. The lowest BCUT2D eigenvalue weighted by Gasteiger charge is -2.32. The normalized spacial score (nSPS) is 14.6. The van der Waals surface area contributed by atoms with Crippen LogP contribution in [0, 0.1) is 0 Å². The zero-order valence-corrected chi connectivity index (χ0v) is 18.3. The van der Waals surface area contributed by atoms with Crippen LogP contribution in [0.1, 0.15) is 25.0 Å². The largest absolute Gasteiger partial charge is 0.492 e. The van der Waals surface area contributed by atoms with Crippen LogP contribution >= 0.6 is 12.4 Å². The Balaban J connectivity index is 0.00000240. The van der Waals surface area contributed by atoms with Crippen LogP contribution in [0.15, 0.2) is 66.7 Å². The molecule has 0 saturated carbocycles. The predicted molar refractivity (Wildman–Crippen MR) is 123 cm³/mol. The Kier molecular flexibility index (Phi) is 6.21. The van der Waals surface area contributed by atoms with E-state index in [2.05, 4.69) is 73.4 Å². The van der Waals surface area contributed by atoms with Crippen LogP contribution in [0.2, 0.25) is 0 Å². The van der Waals surface area contributed by atoms with Crippen LogP contribution in [0.25, 0.3) is 16.3 Å². The molecule has 1 aliphatic heterocycles. The fourth-order valence-electron chi connectivity index (χ4n) is 3.67. The molecule has 0 radical (unpaired) electrons. The molecule has 0 spiro atoms. The molecule has 3 aromatic rings. The Morgan fingerprint density at radius 3 is 2.48 bits per heavy atom. The van der Waals surface area contributed by atoms with Crippen molar-refractivity contribution in [2.45, 2.75) is 19.4 Å². The number of likely N-dealkylation sites (N-methyl/N-ethyl adjacent to an activating group) is 1. The molecule has 0 bridgehead atoms. The predicted octanol–water partition coefficient (Wildman–Crippen LogP) is 5.80. The SMILES string of the molecule is CN(C)CCOc1ccc2c(c1)OC(C)(C)C=C2c1cccc2ccccc12.Cl. The van der Waals surface area contributed by atoms with E-state index in [4.69, 9.17) is 9.47 Å². The van der Waals surface area contributed by atoms with Crippen molar-refractivity contribution >= 4 is 28.8 Å². The highest BCUT2D eigenvalue weighted by Crippen LogP contribution is 2.42. The molecule has 0 atom stereocenters. The highest BCUT2D eigenvalue weighted by molar-refractivity contribution is 5.99. The van der Waals surface area contributed by atoms with Gasteiger partial charge in [0.1, 0.15) is 23.7 Å². The molecule has 3 nitrogen and oxygen atoms in total. The van der Waals surface area contributed by atoms with Gasteiger partial charge in [0.05, 0.1) is 0 Å². The van der Waals surface area contributed by atoms with Gasteiger partial charge in [-0.25, -0.2) is 0 Å². The number of hydrogen-bond acceptors (Lipinski definition) is 3. The van der Waals surface area contributed by atoms with Crippen molar-refractivity contribution in [2.75, 3.05) is 27.2 Å². The summed E-state index contributed by atoms with van der Waals surface area (Å²) in [5, 5.41) is 2.50. The maximum atomic E-state index is 6.28. The van der Waals surface area contributed by atoms with Crippen molar-refractivity contribution in [3.63, 3.8) is 0 Å². The van der Waals surface area contributed by atoms with Crippen LogP contribution < -0.4 is 9.47 Å². The van der Waals surface area contributed by atoms with Gasteiger partial charge in [0.15, 0.2) is 0 Å². The molecule has 4 heteroatoms. The maximum Gasteiger partial charge on any atom is 0.132 e. The van der Waals surface area contributed by atoms with Crippen molar-refractivity contribution in [1.82, 2.24) is 4.90 Å². The number of ether oxygens (including phenoxy) is 2. The molecule has 1 aliphatic rings. The van der Waals surface area contributed by atoms with E-state index in [1.54, 1.807) is 0 Å². The second-order valence-corrected chi connectivity index (χ2v) is 8.10. The second-order valence-electron chi connectivity index (χ2n) is 8.10. The Hall–Kier alpha value is -2.49. The van der Waals surface area contributed by atoms with Crippen molar-refractivity contribution in [1.29, 1.82) is 0 Å². The second kappa shape index (κ2) is 8.48. The number of nitrogens with zero attached hydrogens (tertiary/aromatic N) is 1. The van der Waals surface area contributed by atoms with E-state index in [0.717, 1.165) is 23.6 Å². The molecule has 152 valence electrons. The molecule has 0 amide bonds. The lowest BCUT2D eigenvalue weighted by Crippen LogP contribution is -2.29. The first kappa shape index (κ1) is 21.2. The molecule has 4 rings (SSSR count). The average molecular weight is 410 g/mol. The number of benzene rings is 3. The zero-order valence-electron chi connectivity index (χ0n) is 17.4. The van der Waals surface area contributed by atoms with Gasteiger partial charge in [0, 0.05) is 18.2 Å². The summed E-state index contributed by atoms with van der Waals surface area (Å²) in [5.41, 5.74) is 3.16. The lowest BCUT2D eigenvalue weighted by atomic mass is 9.87. The third-order valence-electron chi connectivity index (χ3n) is 5.00. The number of fused-ring (bicyclic) bond motifs is 2. The summed E-state index contributed by atoms with van der Waals surface area (Å²) in [7, 11) is 4.09. The molecule has 0 saturated heterocycles.